The number of rotatable bonds is 3. The van der Waals surface area contributed by atoms with Crippen LogP contribution in [0.25, 0.3) is 0 Å². The topological polar surface area (TPSA) is 32.7 Å². The third-order valence-corrected chi connectivity index (χ3v) is 3.55. The quantitative estimate of drug-likeness (QED) is 0.795. The smallest absolute Gasteiger partial charge is 0.166 e. The summed E-state index contributed by atoms with van der Waals surface area (Å²) in [6.07, 6.45) is 1.51. The molecule has 0 bridgehead atoms. The molecule has 0 spiro atoms. The Kier molecular flexibility index (Phi) is 3.33. The molecule has 1 atom stereocenters. The number of nitrogens with zero attached hydrogens (tertiary/aromatic N) is 2. The number of anilines is 1. The van der Waals surface area contributed by atoms with Crippen LogP contribution in [0.15, 0.2) is 59.7 Å². The first-order valence-electron chi connectivity index (χ1n) is 6.71. The zero-order valence-corrected chi connectivity index (χ0v) is 11.4. The maximum atomic E-state index is 11.1. The van der Waals surface area contributed by atoms with Gasteiger partial charge in [-0.25, -0.2) is 0 Å². The predicted molar refractivity (Wildman–Crippen MR) is 81.0 cm³/mol. The summed E-state index contributed by atoms with van der Waals surface area (Å²) in [4.78, 5) is 11.1. The highest BCUT2D eigenvalue weighted by Gasteiger charge is 2.28. The molecular formula is C17H16N2O. The van der Waals surface area contributed by atoms with Crippen LogP contribution < -0.4 is 5.01 Å². The third-order valence-electron chi connectivity index (χ3n) is 3.55. The molecule has 3 rings (SSSR count). The molecule has 0 saturated carbocycles. The van der Waals surface area contributed by atoms with Crippen molar-refractivity contribution in [3.8, 4) is 0 Å². The van der Waals surface area contributed by atoms with Gasteiger partial charge < -0.3 is 0 Å². The van der Waals surface area contributed by atoms with Crippen LogP contribution in [0, 0.1) is 6.92 Å². The van der Waals surface area contributed by atoms with E-state index in [9.17, 15) is 4.79 Å². The van der Waals surface area contributed by atoms with E-state index in [-0.39, 0.29) is 6.04 Å². The Labute approximate surface area is 118 Å². The standard InChI is InChI=1S/C17H16N2O/c1-13-7-9-16(10-8-13)19-17(11-15(12-20)18-19)14-5-3-2-4-6-14/h2-10,12,17H,11H2,1H3. The molecular weight excluding hydrogens is 248 g/mol. The molecule has 0 saturated heterocycles. The lowest BCUT2D eigenvalue weighted by Crippen LogP contribution is -2.18. The minimum atomic E-state index is 0.0964. The van der Waals surface area contributed by atoms with Crippen molar-refractivity contribution in [2.45, 2.75) is 19.4 Å². The van der Waals surface area contributed by atoms with Crippen molar-refractivity contribution in [3.05, 3.63) is 65.7 Å². The maximum Gasteiger partial charge on any atom is 0.166 e. The molecule has 0 N–H and O–H groups in total. The van der Waals surface area contributed by atoms with Gasteiger partial charge in [0.2, 0.25) is 0 Å². The second-order valence-corrected chi connectivity index (χ2v) is 5.02. The van der Waals surface area contributed by atoms with E-state index in [0.29, 0.717) is 12.1 Å². The highest BCUT2D eigenvalue weighted by atomic mass is 16.1. The van der Waals surface area contributed by atoms with Crippen LogP contribution >= 0.6 is 0 Å². The summed E-state index contributed by atoms with van der Waals surface area (Å²) in [5, 5.41) is 6.39. The van der Waals surface area contributed by atoms with E-state index in [0.717, 1.165) is 12.0 Å². The zero-order valence-electron chi connectivity index (χ0n) is 11.4. The minimum absolute atomic E-state index is 0.0964. The van der Waals surface area contributed by atoms with Gasteiger partial charge in [-0.05, 0) is 24.6 Å². The number of hydrazone groups is 1. The maximum absolute atomic E-state index is 11.1. The number of hydrogen-bond acceptors (Lipinski definition) is 3. The molecule has 0 amide bonds. The highest BCUT2D eigenvalue weighted by Crippen LogP contribution is 2.34. The summed E-state index contributed by atoms with van der Waals surface area (Å²) >= 11 is 0. The number of carbonyl (C=O) groups is 1. The molecule has 1 aliphatic heterocycles. The Balaban J connectivity index is 1.98. The van der Waals surface area contributed by atoms with E-state index in [1.54, 1.807) is 0 Å². The summed E-state index contributed by atoms with van der Waals surface area (Å²) in [7, 11) is 0. The van der Waals surface area contributed by atoms with E-state index in [1.165, 1.54) is 11.1 Å². The number of hydrogen-bond donors (Lipinski definition) is 0. The Morgan fingerprint density at radius 1 is 1.10 bits per heavy atom. The van der Waals surface area contributed by atoms with Gasteiger partial charge >= 0.3 is 0 Å². The minimum Gasteiger partial charge on any atom is -0.296 e. The van der Waals surface area contributed by atoms with Gasteiger partial charge in [-0.2, -0.15) is 5.10 Å². The lowest BCUT2D eigenvalue weighted by atomic mass is 10.0. The van der Waals surface area contributed by atoms with Crippen LogP contribution in [-0.2, 0) is 4.79 Å². The number of carbonyl (C=O) groups excluding carboxylic acids is 1. The first-order chi connectivity index (χ1) is 9.78. The average molecular weight is 264 g/mol. The molecule has 2 aromatic carbocycles. The Morgan fingerprint density at radius 2 is 1.80 bits per heavy atom. The van der Waals surface area contributed by atoms with Gasteiger partial charge in [0, 0.05) is 6.42 Å². The van der Waals surface area contributed by atoms with Crippen molar-refractivity contribution in [1.82, 2.24) is 0 Å². The van der Waals surface area contributed by atoms with Crippen LogP contribution in [0.1, 0.15) is 23.6 Å². The van der Waals surface area contributed by atoms with Crippen LogP contribution in [0.4, 0.5) is 5.69 Å². The molecule has 20 heavy (non-hydrogen) atoms. The lowest BCUT2D eigenvalue weighted by Gasteiger charge is -2.24. The fraction of sp³-hybridized carbons (Fsp3) is 0.176. The van der Waals surface area contributed by atoms with Gasteiger partial charge in [0.25, 0.3) is 0 Å². The van der Waals surface area contributed by atoms with Crippen LogP contribution in [0.5, 0.6) is 0 Å². The molecule has 0 radical (unpaired) electrons. The predicted octanol–water partition coefficient (Wildman–Crippen LogP) is 3.50. The fourth-order valence-corrected chi connectivity index (χ4v) is 2.47. The number of aryl methyl sites for hydroxylation is 1. The molecule has 3 heteroatoms. The van der Waals surface area contributed by atoms with Gasteiger partial charge in [-0.15, -0.1) is 0 Å². The van der Waals surface area contributed by atoms with Crippen molar-refractivity contribution in [3.63, 3.8) is 0 Å². The Morgan fingerprint density at radius 3 is 2.45 bits per heavy atom. The molecule has 3 nitrogen and oxygen atoms in total. The molecule has 0 fully saturated rings. The molecule has 1 heterocycles. The molecule has 100 valence electrons. The van der Waals surface area contributed by atoms with Crippen LogP contribution in [0.2, 0.25) is 0 Å². The summed E-state index contributed by atoms with van der Waals surface area (Å²) < 4.78 is 0. The van der Waals surface area contributed by atoms with Crippen molar-refractivity contribution in [2.24, 2.45) is 5.10 Å². The highest BCUT2D eigenvalue weighted by molar-refractivity contribution is 6.29. The first-order valence-corrected chi connectivity index (χ1v) is 6.71. The van der Waals surface area contributed by atoms with Crippen molar-refractivity contribution >= 4 is 17.7 Å². The fourth-order valence-electron chi connectivity index (χ4n) is 2.47. The SMILES string of the molecule is Cc1ccc(N2N=C(C=O)CC2c2ccccc2)cc1. The first kappa shape index (κ1) is 12.6. The summed E-state index contributed by atoms with van der Waals surface area (Å²) in [5.41, 5.74) is 4.00. The van der Waals surface area contributed by atoms with E-state index >= 15 is 0 Å². The van der Waals surface area contributed by atoms with Crippen LogP contribution in [-0.4, -0.2) is 12.0 Å². The van der Waals surface area contributed by atoms with E-state index in [2.05, 4.69) is 36.3 Å². The summed E-state index contributed by atoms with van der Waals surface area (Å²) in [6, 6.07) is 18.5. The second kappa shape index (κ2) is 5.29. The van der Waals surface area contributed by atoms with E-state index in [1.807, 2.05) is 35.3 Å². The molecule has 2 aromatic rings. The molecule has 0 aromatic heterocycles. The average Bonchev–Trinajstić information content (AvgIpc) is 2.93. The Bertz CT molecular complexity index is 632. The normalized spacial score (nSPS) is 17.9. The van der Waals surface area contributed by atoms with Gasteiger partial charge in [0.15, 0.2) is 6.29 Å². The number of benzene rings is 2. The number of aldehydes is 1. The van der Waals surface area contributed by atoms with E-state index in [4.69, 9.17) is 0 Å². The van der Waals surface area contributed by atoms with Gasteiger partial charge in [0.1, 0.15) is 5.71 Å². The second-order valence-electron chi connectivity index (χ2n) is 5.02. The summed E-state index contributed by atoms with van der Waals surface area (Å²) in [5.74, 6) is 0. The van der Waals surface area contributed by atoms with Gasteiger partial charge in [-0.1, -0.05) is 48.0 Å². The third kappa shape index (κ3) is 2.35. The monoisotopic (exact) mass is 264 g/mol. The molecule has 1 unspecified atom stereocenters. The van der Waals surface area contributed by atoms with Gasteiger partial charge in [-0.3, -0.25) is 9.80 Å². The molecule has 0 aliphatic carbocycles. The van der Waals surface area contributed by atoms with Crippen molar-refractivity contribution in [1.29, 1.82) is 0 Å². The van der Waals surface area contributed by atoms with Crippen molar-refractivity contribution < 1.29 is 4.79 Å². The largest absolute Gasteiger partial charge is 0.296 e. The van der Waals surface area contributed by atoms with Crippen molar-refractivity contribution in [2.75, 3.05) is 5.01 Å². The lowest BCUT2D eigenvalue weighted by molar-refractivity contribution is -0.102. The van der Waals surface area contributed by atoms with Crippen LogP contribution in [0.3, 0.4) is 0 Å². The zero-order chi connectivity index (χ0) is 13.9. The summed E-state index contributed by atoms with van der Waals surface area (Å²) in [6.45, 7) is 2.06. The Hall–Kier alpha value is -2.42. The van der Waals surface area contributed by atoms with E-state index < -0.39 is 0 Å². The van der Waals surface area contributed by atoms with Gasteiger partial charge in [0.05, 0.1) is 11.7 Å². The molecule has 1 aliphatic rings.